The molecule has 0 amide bonds. The van der Waals surface area contributed by atoms with E-state index in [1.165, 1.54) is 6.21 Å². The second-order valence-corrected chi connectivity index (χ2v) is 2.59. The van der Waals surface area contributed by atoms with E-state index in [0.717, 1.165) is 5.56 Å². The Labute approximate surface area is 86.3 Å². The molecule has 15 heavy (non-hydrogen) atoms. The Morgan fingerprint density at radius 2 is 2.13 bits per heavy atom. The third-order valence-corrected chi connectivity index (χ3v) is 1.54. The Bertz CT molecular complexity index is 404. The fraction of sp³-hybridized carbons (Fsp3) is 0. The molecule has 0 atom stereocenters. The van der Waals surface area contributed by atoms with Gasteiger partial charge in [-0.3, -0.25) is 10.6 Å². The van der Waals surface area contributed by atoms with Gasteiger partial charge >= 0.3 is 0 Å². The first-order valence-electron chi connectivity index (χ1n) is 4.04. The average Bonchev–Trinajstić information content (AvgIpc) is 2.29. The summed E-state index contributed by atoms with van der Waals surface area (Å²) in [6.45, 7) is 0. The van der Waals surface area contributed by atoms with Crippen molar-refractivity contribution in [1.82, 2.24) is 10.9 Å². The van der Waals surface area contributed by atoms with Crippen LogP contribution in [0, 0.1) is 16.7 Å². The number of hydrazone groups is 1. The van der Waals surface area contributed by atoms with Crippen LogP contribution in [-0.2, 0) is 0 Å². The van der Waals surface area contributed by atoms with Gasteiger partial charge in [-0.25, -0.2) is 10.9 Å². The minimum atomic E-state index is -0.320. The van der Waals surface area contributed by atoms with E-state index in [4.69, 9.17) is 15.9 Å². The summed E-state index contributed by atoms with van der Waals surface area (Å²) in [5.74, 6) is -0.320. The molecule has 0 bridgehead atoms. The zero-order chi connectivity index (χ0) is 11.1. The van der Waals surface area contributed by atoms with Crippen LogP contribution in [0.4, 0.5) is 0 Å². The largest absolute Gasteiger partial charge is 0.288 e. The molecule has 0 saturated carbocycles. The normalized spacial score (nSPS) is 9.60. The van der Waals surface area contributed by atoms with Gasteiger partial charge in [-0.1, -0.05) is 12.1 Å². The van der Waals surface area contributed by atoms with Crippen LogP contribution in [-0.4, -0.2) is 17.4 Å². The van der Waals surface area contributed by atoms with Gasteiger partial charge in [0, 0.05) is 0 Å². The molecule has 0 unspecified atom stereocenters. The highest BCUT2D eigenvalue weighted by atomic mass is 16.5. The van der Waals surface area contributed by atoms with Crippen LogP contribution in [0.3, 0.4) is 0 Å². The summed E-state index contributed by atoms with van der Waals surface area (Å²) in [4.78, 5) is 0. The van der Waals surface area contributed by atoms with Crippen molar-refractivity contribution in [1.29, 1.82) is 10.7 Å². The summed E-state index contributed by atoms with van der Waals surface area (Å²) < 4.78 is 0. The van der Waals surface area contributed by atoms with Gasteiger partial charge in [0.25, 0.3) is 0 Å². The van der Waals surface area contributed by atoms with Gasteiger partial charge in [-0.2, -0.15) is 10.4 Å². The molecule has 1 rings (SSSR count). The average molecular weight is 203 g/mol. The minimum absolute atomic E-state index is 0.320. The lowest BCUT2D eigenvalue weighted by atomic mass is 10.2. The fourth-order valence-electron chi connectivity index (χ4n) is 0.840. The van der Waals surface area contributed by atoms with Gasteiger partial charge in [0.05, 0.1) is 17.8 Å². The highest BCUT2D eigenvalue weighted by Gasteiger charge is 1.90. The van der Waals surface area contributed by atoms with E-state index in [1.807, 2.05) is 6.07 Å². The Hall–Kier alpha value is -2.39. The maximum Gasteiger partial charge on any atom is 0.233 e. The third kappa shape index (κ3) is 3.46. The maximum atomic E-state index is 8.55. The zero-order valence-electron chi connectivity index (χ0n) is 7.73. The van der Waals surface area contributed by atoms with E-state index >= 15 is 0 Å². The van der Waals surface area contributed by atoms with Crippen LogP contribution >= 0.6 is 0 Å². The predicted octanol–water partition coefficient (Wildman–Crippen LogP) is 0.395. The number of benzene rings is 1. The molecule has 4 N–H and O–H groups in total. The van der Waals surface area contributed by atoms with Crippen molar-refractivity contribution in [3.63, 3.8) is 0 Å². The van der Waals surface area contributed by atoms with Crippen LogP contribution in [0.2, 0.25) is 0 Å². The number of nitrogens with one attached hydrogen (secondary N) is 3. The molecule has 0 radical (unpaired) electrons. The van der Waals surface area contributed by atoms with Gasteiger partial charge in [-0.15, -0.1) is 0 Å². The first kappa shape index (κ1) is 10.7. The van der Waals surface area contributed by atoms with E-state index in [1.54, 1.807) is 29.7 Å². The molecule has 0 aromatic heterocycles. The Balaban J connectivity index is 2.58. The van der Waals surface area contributed by atoms with Gasteiger partial charge in [0.15, 0.2) is 0 Å². The highest BCUT2D eigenvalue weighted by molar-refractivity contribution is 5.82. The molecule has 0 aliphatic carbocycles. The maximum absolute atomic E-state index is 8.55. The van der Waals surface area contributed by atoms with E-state index in [9.17, 15) is 0 Å². The molecule has 1 aromatic carbocycles. The smallest absolute Gasteiger partial charge is 0.233 e. The summed E-state index contributed by atoms with van der Waals surface area (Å²) in [6.07, 6.45) is 1.47. The molecule has 0 fully saturated rings. The quantitative estimate of drug-likeness (QED) is 0.317. The number of hydrogen-bond acceptors (Lipinski definition) is 4. The third-order valence-electron chi connectivity index (χ3n) is 1.54. The summed E-state index contributed by atoms with van der Waals surface area (Å²) in [6, 6.07) is 8.77. The lowest BCUT2D eigenvalue weighted by Crippen LogP contribution is -2.30. The number of guanidine groups is 1. The number of rotatable bonds is 2. The number of nitrogens with zero attached hydrogens (tertiary/aromatic N) is 2. The monoisotopic (exact) mass is 203 g/mol. The standard InChI is InChI=1S/C9H9N5O/c10-5-7-1-3-8(4-2-7)6-12-13-9(11)14-15/h1-4,6,15H,(H3,11,13,14)/b12-6+. The first-order chi connectivity index (χ1) is 7.26. The van der Waals surface area contributed by atoms with Gasteiger partial charge < -0.3 is 0 Å². The molecule has 76 valence electrons. The molecule has 0 aliphatic rings. The lowest BCUT2D eigenvalue weighted by Gasteiger charge is -1.98. The second kappa shape index (κ2) is 5.36. The van der Waals surface area contributed by atoms with Crippen LogP contribution in [0.25, 0.3) is 0 Å². The van der Waals surface area contributed by atoms with E-state index < -0.39 is 0 Å². The summed E-state index contributed by atoms with van der Waals surface area (Å²) in [5, 5.41) is 27.4. The number of hydroxylamine groups is 1. The molecule has 1 aromatic rings. The van der Waals surface area contributed by atoms with Crippen molar-refractivity contribution in [2.24, 2.45) is 5.10 Å². The molecule has 0 spiro atoms. The SMILES string of the molecule is N#Cc1ccc(/C=N/NC(=N)NO)cc1. The molecular weight excluding hydrogens is 194 g/mol. The molecule has 0 aliphatic heterocycles. The van der Waals surface area contributed by atoms with Crippen LogP contribution in [0.15, 0.2) is 29.4 Å². The summed E-state index contributed by atoms with van der Waals surface area (Å²) in [7, 11) is 0. The van der Waals surface area contributed by atoms with Crippen LogP contribution in [0.1, 0.15) is 11.1 Å². The first-order valence-corrected chi connectivity index (χ1v) is 4.04. The Kier molecular flexibility index (Phi) is 3.82. The number of nitriles is 1. The molecule has 6 heteroatoms. The molecule has 0 heterocycles. The van der Waals surface area contributed by atoms with Crippen molar-refractivity contribution < 1.29 is 5.21 Å². The minimum Gasteiger partial charge on any atom is -0.288 e. The number of hydrogen-bond donors (Lipinski definition) is 4. The van der Waals surface area contributed by atoms with Crippen molar-refractivity contribution >= 4 is 12.2 Å². The van der Waals surface area contributed by atoms with Crippen molar-refractivity contribution in [3.8, 4) is 6.07 Å². The van der Waals surface area contributed by atoms with Crippen LogP contribution < -0.4 is 10.9 Å². The molecular formula is C9H9N5O. The van der Waals surface area contributed by atoms with Gasteiger partial charge in [0.1, 0.15) is 0 Å². The van der Waals surface area contributed by atoms with Crippen LogP contribution in [0.5, 0.6) is 0 Å². The molecule has 0 saturated heterocycles. The topological polar surface area (TPSA) is 104 Å². The van der Waals surface area contributed by atoms with Gasteiger partial charge in [-0.05, 0) is 17.7 Å². The molecule has 6 nitrogen and oxygen atoms in total. The van der Waals surface area contributed by atoms with Crippen molar-refractivity contribution in [2.45, 2.75) is 0 Å². The van der Waals surface area contributed by atoms with E-state index in [0.29, 0.717) is 5.56 Å². The summed E-state index contributed by atoms with van der Waals surface area (Å²) in [5.41, 5.74) is 5.18. The highest BCUT2D eigenvalue weighted by Crippen LogP contribution is 2.00. The Morgan fingerprint density at radius 3 is 2.67 bits per heavy atom. The second-order valence-electron chi connectivity index (χ2n) is 2.59. The Morgan fingerprint density at radius 1 is 1.47 bits per heavy atom. The van der Waals surface area contributed by atoms with Crippen molar-refractivity contribution in [3.05, 3.63) is 35.4 Å². The van der Waals surface area contributed by atoms with Gasteiger partial charge in [0.2, 0.25) is 5.96 Å². The predicted molar refractivity (Wildman–Crippen MR) is 54.5 cm³/mol. The fourth-order valence-corrected chi connectivity index (χ4v) is 0.840. The van der Waals surface area contributed by atoms with Crippen molar-refractivity contribution in [2.75, 3.05) is 0 Å². The van der Waals surface area contributed by atoms with E-state index in [-0.39, 0.29) is 5.96 Å². The lowest BCUT2D eigenvalue weighted by molar-refractivity contribution is 0.228. The van der Waals surface area contributed by atoms with E-state index in [2.05, 4.69) is 10.5 Å². The summed E-state index contributed by atoms with van der Waals surface area (Å²) >= 11 is 0. The zero-order valence-corrected chi connectivity index (χ0v) is 7.73.